The molecule has 0 aromatic heterocycles. The lowest BCUT2D eigenvalue weighted by atomic mass is 9.84. The largest absolute Gasteiger partial charge is 0.449 e. The van der Waals surface area contributed by atoms with Crippen LogP contribution in [0.3, 0.4) is 0 Å². The minimum Gasteiger partial charge on any atom is -0.449 e. The number of rotatable bonds is 6. The maximum atomic E-state index is 12.1. The highest BCUT2D eigenvalue weighted by Gasteiger charge is 2.19. The lowest BCUT2D eigenvalue weighted by Crippen LogP contribution is -2.35. The molecule has 1 aromatic rings. The van der Waals surface area contributed by atoms with Crippen molar-refractivity contribution >= 4 is 11.9 Å². The normalized spacial score (nSPS) is 16.4. The zero-order valence-electron chi connectivity index (χ0n) is 13.7. The van der Waals surface area contributed by atoms with E-state index in [0.29, 0.717) is 18.0 Å². The Hall–Kier alpha value is -2.10. The van der Waals surface area contributed by atoms with Crippen LogP contribution in [0.15, 0.2) is 36.9 Å². The van der Waals surface area contributed by atoms with Gasteiger partial charge in [-0.1, -0.05) is 37.5 Å². The quantitative estimate of drug-likeness (QED) is 0.645. The molecule has 0 heterocycles. The van der Waals surface area contributed by atoms with Gasteiger partial charge in [0.2, 0.25) is 0 Å². The highest BCUT2D eigenvalue weighted by atomic mass is 16.5. The minimum absolute atomic E-state index is 0.322. The summed E-state index contributed by atoms with van der Waals surface area (Å²) < 4.78 is 5.20. The number of nitrogens with one attached hydrogen (secondary N) is 1. The summed E-state index contributed by atoms with van der Waals surface area (Å²) >= 11 is 0. The molecule has 0 bridgehead atoms. The van der Waals surface area contributed by atoms with Crippen LogP contribution in [-0.4, -0.2) is 24.5 Å². The smallest absolute Gasteiger partial charge is 0.338 e. The molecule has 4 nitrogen and oxygen atoms in total. The number of ether oxygens (including phenoxy) is 1. The van der Waals surface area contributed by atoms with Gasteiger partial charge >= 0.3 is 5.97 Å². The van der Waals surface area contributed by atoms with Gasteiger partial charge in [0.25, 0.3) is 5.91 Å². The lowest BCUT2D eigenvalue weighted by molar-refractivity contribution is -0.128. The van der Waals surface area contributed by atoms with Gasteiger partial charge < -0.3 is 10.1 Å². The van der Waals surface area contributed by atoms with Gasteiger partial charge in [0.05, 0.1) is 5.56 Å². The third kappa shape index (κ3) is 4.95. The van der Waals surface area contributed by atoms with E-state index in [9.17, 15) is 9.59 Å². The Balaban J connectivity index is 1.91. The summed E-state index contributed by atoms with van der Waals surface area (Å²) in [6, 6.07) is 7.60. The van der Waals surface area contributed by atoms with Gasteiger partial charge in [-0.2, -0.15) is 0 Å². The van der Waals surface area contributed by atoms with E-state index in [2.05, 4.69) is 11.9 Å². The summed E-state index contributed by atoms with van der Waals surface area (Å²) in [6.07, 6.45) is 7.11. The van der Waals surface area contributed by atoms with E-state index in [4.69, 9.17) is 4.74 Å². The highest BCUT2D eigenvalue weighted by Crippen LogP contribution is 2.32. The minimum atomic E-state index is -0.819. The van der Waals surface area contributed by atoms with Crippen LogP contribution in [0, 0.1) is 0 Å². The van der Waals surface area contributed by atoms with Crippen molar-refractivity contribution in [2.45, 2.75) is 51.0 Å². The third-order valence-electron chi connectivity index (χ3n) is 4.30. The third-order valence-corrected chi connectivity index (χ3v) is 4.30. The predicted octanol–water partition coefficient (Wildman–Crippen LogP) is 3.58. The number of amides is 1. The lowest BCUT2D eigenvalue weighted by Gasteiger charge is -2.22. The highest BCUT2D eigenvalue weighted by molar-refractivity contribution is 5.92. The van der Waals surface area contributed by atoms with Crippen molar-refractivity contribution in [3.05, 3.63) is 48.0 Å². The van der Waals surface area contributed by atoms with Crippen LogP contribution >= 0.6 is 0 Å². The molecule has 1 aromatic carbocycles. The predicted molar refractivity (Wildman–Crippen MR) is 90.4 cm³/mol. The van der Waals surface area contributed by atoms with Crippen LogP contribution in [0.25, 0.3) is 0 Å². The molecule has 1 amide bonds. The van der Waals surface area contributed by atoms with Crippen LogP contribution in [0.4, 0.5) is 0 Å². The van der Waals surface area contributed by atoms with Crippen molar-refractivity contribution < 1.29 is 14.3 Å². The van der Waals surface area contributed by atoms with Crippen molar-refractivity contribution in [3.8, 4) is 0 Å². The summed E-state index contributed by atoms with van der Waals surface area (Å²) in [5, 5.41) is 2.61. The fraction of sp³-hybridized carbons (Fsp3) is 0.474. The van der Waals surface area contributed by atoms with Crippen LogP contribution in [-0.2, 0) is 9.53 Å². The summed E-state index contributed by atoms with van der Waals surface area (Å²) in [7, 11) is 0. The molecule has 1 fully saturated rings. The second-order valence-corrected chi connectivity index (χ2v) is 6.04. The van der Waals surface area contributed by atoms with E-state index in [0.717, 1.165) is 0 Å². The molecule has 0 aliphatic heterocycles. The molecule has 2 rings (SSSR count). The monoisotopic (exact) mass is 315 g/mol. The van der Waals surface area contributed by atoms with Crippen LogP contribution in [0.5, 0.6) is 0 Å². The first-order valence-corrected chi connectivity index (χ1v) is 8.31. The van der Waals surface area contributed by atoms with E-state index in [1.807, 2.05) is 12.1 Å². The molecular formula is C19H25NO3. The van der Waals surface area contributed by atoms with Crippen LogP contribution in [0.1, 0.15) is 60.9 Å². The number of carbonyl (C=O) groups excluding carboxylic acids is 2. The molecule has 4 heteroatoms. The Kier molecular flexibility index (Phi) is 6.39. The molecular weight excluding hydrogens is 290 g/mol. The Morgan fingerprint density at radius 3 is 2.52 bits per heavy atom. The maximum absolute atomic E-state index is 12.1. The molecule has 1 saturated carbocycles. The average Bonchev–Trinajstić information content (AvgIpc) is 2.60. The van der Waals surface area contributed by atoms with Crippen LogP contribution < -0.4 is 5.32 Å². The van der Waals surface area contributed by atoms with E-state index in [1.54, 1.807) is 25.1 Å². The SMILES string of the molecule is C=CCNC(=O)[C@H](C)OC(=O)c1ccc(C2CCCCC2)cc1. The summed E-state index contributed by atoms with van der Waals surface area (Å²) in [6.45, 7) is 5.44. The number of carbonyl (C=O) groups is 2. The van der Waals surface area contributed by atoms with Crippen molar-refractivity contribution in [2.24, 2.45) is 0 Å². The molecule has 1 atom stereocenters. The molecule has 23 heavy (non-hydrogen) atoms. The van der Waals surface area contributed by atoms with Gasteiger partial charge in [-0.25, -0.2) is 4.79 Å². The van der Waals surface area contributed by atoms with Crippen molar-refractivity contribution in [3.63, 3.8) is 0 Å². The van der Waals surface area contributed by atoms with E-state index >= 15 is 0 Å². The van der Waals surface area contributed by atoms with Crippen molar-refractivity contribution in [2.75, 3.05) is 6.54 Å². The second-order valence-electron chi connectivity index (χ2n) is 6.04. The summed E-state index contributed by atoms with van der Waals surface area (Å²) in [5.41, 5.74) is 1.77. The van der Waals surface area contributed by atoms with Gasteiger partial charge in [0.1, 0.15) is 0 Å². The van der Waals surface area contributed by atoms with E-state index < -0.39 is 12.1 Å². The van der Waals surface area contributed by atoms with Gasteiger partial charge in [0.15, 0.2) is 6.10 Å². The Morgan fingerprint density at radius 1 is 1.26 bits per heavy atom. The van der Waals surface area contributed by atoms with Crippen molar-refractivity contribution in [1.82, 2.24) is 5.32 Å². The number of benzene rings is 1. The molecule has 0 radical (unpaired) electrons. The Morgan fingerprint density at radius 2 is 1.91 bits per heavy atom. The Labute approximate surface area is 137 Å². The summed E-state index contributed by atoms with van der Waals surface area (Å²) in [5.74, 6) is -0.184. The zero-order chi connectivity index (χ0) is 16.7. The molecule has 0 unspecified atom stereocenters. The van der Waals surface area contributed by atoms with E-state index in [1.165, 1.54) is 37.7 Å². The second kappa shape index (κ2) is 8.51. The molecule has 1 aliphatic carbocycles. The molecule has 124 valence electrons. The number of esters is 1. The summed E-state index contributed by atoms with van der Waals surface area (Å²) in [4.78, 5) is 23.8. The standard InChI is InChI=1S/C19H25NO3/c1-3-13-20-18(21)14(2)23-19(22)17-11-9-16(10-12-17)15-7-5-4-6-8-15/h3,9-12,14-15H,1,4-8,13H2,2H3,(H,20,21)/t14-/m0/s1. The number of hydrogen-bond donors (Lipinski definition) is 1. The van der Waals surface area contributed by atoms with Gasteiger partial charge in [-0.3, -0.25) is 4.79 Å². The Bertz CT molecular complexity index is 544. The van der Waals surface area contributed by atoms with Gasteiger partial charge in [0, 0.05) is 6.54 Å². The molecule has 0 spiro atoms. The van der Waals surface area contributed by atoms with Gasteiger partial charge in [-0.15, -0.1) is 6.58 Å². The molecule has 0 saturated heterocycles. The first kappa shape index (κ1) is 17.3. The number of hydrogen-bond acceptors (Lipinski definition) is 3. The first-order chi connectivity index (χ1) is 11.1. The van der Waals surface area contributed by atoms with Gasteiger partial charge in [-0.05, 0) is 43.4 Å². The van der Waals surface area contributed by atoms with Crippen LogP contribution in [0.2, 0.25) is 0 Å². The molecule has 1 N–H and O–H groups in total. The zero-order valence-corrected chi connectivity index (χ0v) is 13.7. The average molecular weight is 315 g/mol. The fourth-order valence-electron chi connectivity index (χ4n) is 2.93. The first-order valence-electron chi connectivity index (χ1n) is 8.31. The fourth-order valence-corrected chi connectivity index (χ4v) is 2.93. The molecule has 1 aliphatic rings. The van der Waals surface area contributed by atoms with E-state index in [-0.39, 0.29) is 5.91 Å². The van der Waals surface area contributed by atoms with Crippen molar-refractivity contribution in [1.29, 1.82) is 0 Å². The maximum Gasteiger partial charge on any atom is 0.338 e. The topological polar surface area (TPSA) is 55.4 Å².